The van der Waals surface area contributed by atoms with Crippen molar-refractivity contribution in [1.29, 1.82) is 0 Å². The van der Waals surface area contributed by atoms with Crippen molar-refractivity contribution in [3.63, 3.8) is 0 Å². The summed E-state index contributed by atoms with van der Waals surface area (Å²) in [6, 6.07) is 0. The minimum absolute atomic E-state index is 0.155. The lowest BCUT2D eigenvalue weighted by Gasteiger charge is -2.32. The van der Waals surface area contributed by atoms with Crippen molar-refractivity contribution >= 4 is 0 Å². The third kappa shape index (κ3) is 6.70. The van der Waals surface area contributed by atoms with Crippen molar-refractivity contribution in [2.24, 2.45) is 0 Å². The quantitative estimate of drug-likeness (QED) is 0.669. The van der Waals surface area contributed by atoms with Crippen molar-refractivity contribution in [3.8, 4) is 0 Å². The summed E-state index contributed by atoms with van der Waals surface area (Å²) >= 11 is 0. The fraction of sp³-hybridized carbons (Fsp3) is 1.00. The Bertz CT molecular complexity index is 232. The van der Waals surface area contributed by atoms with E-state index in [2.05, 4.69) is 31.1 Å². The predicted molar refractivity (Wildman–Crippen MR) is 79.5 cm³/mol. The summed E-state index contributed by atoms with van der Waals surface area (Å²) in [6.45, 7) is 8.34. The van der Waals surface area contributed by atoms with Gasteiger partial charge in [-0.05, 0) is 59.2 Å². The van der Waals surface area contributed by atoms with Crippen LogP contribution in [0.2, 0.25) is 0 Å². The molecule has 1 heterocycles. The first kappa shape index (κ1) is 16.9. The number of aliphatic hydroxyl groups is 1. The van der Waals surface area contributed by atoms with Crippen LogP contribution in [-0.4, -0.2) is 61.5 Å². The Hall–Kier alpha value is -0.160. The second kappa shape index (κ2) is 8.90. The molecule has 1 rings (SSSR count). The van der Waals surface area contributed by atoms with Crippen LogP contribution in [0, 0.1) is 0 Å². The van der Waals surface area contributed by atoms with Crippen molar-refractivity contribution in [3.05, 3.63) is 0 Å². The molecular formula is C15H32N2O2. The van der Waals surface area contributed by atoms with Gasteiger partial charge in [-0.3, -0.25) is 0 Å². The predicted octanol–water partition coefficient (Wildman–Crippen LogP) is 1.63. The van der Waals surface area contributed by atoms with E-state index in [-0.39, 0.29) is 12.1 Å². The maximum Gasteiger partial charge on any atom is 0.0701 e. The standard InChI is InChI=1S/C15H32N2O2/c1-4-9-16-15(2,13-18)8-10-17(3)12-14-7-5-6-11-19-14/h14,16,18H,4-13H2,1-3H3. The smallest absolute Gasteiger partial charge is 0.0701 e. The second-order valence-corrected chi connectivity index (χ2v) is 6.15. The Balaban J connectivity index is 2.24. The van der Waals surface area contributed by atoms with Gasteiger partial charge >= 0.3 is 0 Å². The van der Waals surface area contributed by atoms with Gasteiger partial charge in [0.25, 0.3) is 0 Å². The van der Waals surface area contributed by atoms with Crippen LogP contribution in [0.3, 0.4) is 0 Å². The highest BCUT2D eigenvalue weighted by Gasteiger charge is 2.23. The van der Waals surface area contributed by atoms with Crippen LogP contribution in [0.1, 0.15) is 46.0 Å². The number of ether oxygens (including phenoxy) is 1. The summed E-state index contributed by atoms with van der Waals surface area (Å²) in [4.78, 5) is 2.33. The average molecular weight is 272 g/mol. The lowest BCUT2D eigenvalue weighted by Crippen LogP contribution is -2.48. The minimum Gasteiger partial charge on any atom is -0.394 e. The summed E-state index contributed by atoms with van der Waals surface area (Å²) in [6.07, 6.45) is 6.17. The maximum atomic E-state index is 9.54. The Labute approximate surface area is 118 Å². The molecule has 1 saturated heterocycles. The van der Waals surface area contributed by atoms with Gasteiger partial charge in [0.2, 0.25) is 0 Å². The number of nitrogens with zero attached hydrogens (tertiary/aromatic N) is 1. The first-order valence-corrected chi connectivity index (χ1v) is 7.75. The van der Waals surface area contributed by atoms with E-state index in [9.17, 15) is 5.11 Å². The Morgan fingerprint density at radius 1 is 1.42 bits per heavy atom. The fourth-order valence-electron chi connectivity index (χ4n) is 2.48. The van der Waals surface area contributed by atoms with Gasteiger partial charge < -0.3 is 20.1 Å². The van der Waals surface area contributed by atoms with Gasteiger partial charge in [0.05, 0.1) is 12.7 Å². The topological polar surface area (TPSA) is 44.7 Å². The minimum atomic E-state index is -0.155. The normalized spacial score (nSPS) is 23.5. The Kier molecular flexibility index (Phi) is 7.91. The van der Waals surface area contributed by atoms with Crippen molar-refractivity contribution in [2.45, 2.75) is 57.6 Å². The van der Waals surface area contributed by atoms with Crippen LogP contribution in [0.15, 0.2) is 0 Å². The molecule has 0 aliphatic carbocycles. The molecule has 1 aliphatic rings. The largest absolute Gasteiger partial charge is 0.394 e. The molecule has 114 valence electrons. The summed E-state index contributed by atoms with van der Waals surface area (Å²) in [7, 11) is 2.15. The van der Waals surface area contributed by atoms with E-state index in [1.165, 1.54) is 19.3 Å². The van der Waals surface area contributed by atoms with Gasteiger partial charge in [0.1, 0.15) is 0 Å². The molecule has 19 heavy (non-hydrogen) atoms. The first-order chi connectivity index (χ1) is 9.09. The summed E-state index contributed by atoms with van der Waals surface area (Å²) in [5.41, 5.74) is -0.155. The molecule has 0 radical (unpaired) electrons. The van der Waals surface area contributed by atoms with Crippen LogP contribution >= 0.6 is 0 Å². The van der Waals surface area contributed by atoms with Gasteiger partial charge in [-0.2, -0.15) is 0 Å². The highest BCUT2D eigenvalue weighted by molar-refractivity contribution is 4.83. The number of likely N-dealkylation sites (N-methyl/N-ethyl adjacent to an activating group) is 1. The van der Waals surface area contributed by atoms with Crippen LogP contribution in [0.25, 0.3) is 0 Å². The summed E-state index contributed by atoms with van der Waals surface area (Å²) in [5, 5.41) is 13.0. The van der Waals surface area contributed by atoms with Gasteiger partial charge in [0, 0.05) is 18.7 Å². The van der Waals surface area contributed by atoms with Crippen molar-refractivity contribution < 1.29 is 9.84 Å². The van der Waals surface area contributed by atoms with E-state index in [1.807, 2.05) is 0 Å². The lowest BCUT2D eigenvalue weighted by atomic mass is 9.98. The second-order valence-electron chi connectivity index (χ2n) is 6.15. The van der Waals surface area contributed by atoms with E-state index in [1.54, 1.807) is 0 Å². The van der Waals surface area contributed by atoms with Gasteiger partial charge in [-0.25, -0.2) is 0 Å². The van der Waals surface area contributed by atoms with Gasteiger partial charge in [-0.1, -0.05) is 6.92 Å². The van der Waals surface area contributed by atoms with Crippen molar-refractivity contribution in [1.82, 2.24) is 10.2 Å². The Morgan fingerprint density at radius 3 is 2.79 bits per heavy atom. The molecule has 1 aliphatic heterocycles. The molecule has 0 aromatic rings. The lowest BCUT2D eigenvalue weighted by molar-refractivity contribution is -0.00298. The first-order valence-electron chi connectivity index (χ1n) is 7.75. The molecule has 4 heteroatoms. The number of rotatable bonds is 9. The molecule has 0 aromatic carbocycles. The fourth-order valence-corrected chi connectivity index (χ4v) is 2.48. The van der Waals surface area contributed by atoms with Crippen LogP contribution in [0.4, 0.5) is 0 Å². The van der Waals surface area contributed by atoms with E-state index < -0.39 is 0 Å². The Morgan fingerprint density at radius 2 is 2.21 bits per heavy atom. The zero-order valence-corrected chi connectivity index (χ0v) is 13.0. The zero-order chi connectivity index (χ0) is 14.1. The molecule has 4 nitrogen and oxygen atoms in total. The number of aliphatic hydroxyl groups excluding tert-OH is 1. The molecular weight excluding hydrogens is 240 g/mol. The molecule has 0 spiro atoms. The van der Waals surface area contributed by atoms with Gasteiger partial charge in [0.15, 0.2) is 0 Å². The molecule has 2 N–H and O–H groups in total. The third-order valence-electron chi connectivity index (χ3n) is 3.99. The highest BCUT2D eigenvalue weighted by atomic mass is 16.5. The zero-order valence-electron chi connectivity index (χ0n) is 13.0. The van der Waals surface area contributed by atoms with Crippen LogP contribution < -0.4 is 5.32 Å². The van der Waals surface area contributed by atoms with E-state index in [0.29, 0.717) is 6.10 Å². The monoisotopic (exact) mass is 272 g/mol. The molecule has 0 bridgehead atoms. The molecule has 0 amide bonds. The van der Waals surface area contributed by atoms with Crippen LogP contribution in [0.5, 0.6) is 0 Å². The van der Waals surface area contributed by atoms with Gasteiger partial charge in [-0.15, -0.1) is 0 Å². The average Bonchev–Trinajstić information content (AvgIpc) is 2.44. The van der Waals surface area contributed by atoms with E-state index >= 15 is 0 Å². The van der Waals surface area contributed by atoms with Crippen LogP contribution in [-0.2, 0) is 4.74 Å². The number of hydrogen-bond acceptors (Lipinski definition) is 4. The number of hydrogen-bond donors (Lipinski definition) is 2. The molecule has 0 aromatic heterocycles. The molecule has 1 fully saturated rings. The SMILES string of the molecule is CCCNC(C)(CO)CCN(C)CC1CCCCO1. The van der Waals surface area contributed by atoms with E-state index in [0.717, 1.165) is 39.1 Å². The molecule has 2 unspecified atom stereocenters. The highest BCUT2D eigenvalue weighted by Crippen LogP contribution is 2.15. The van der Waals surface area contributed by atoms with Crippen molar-refractivity contribution in [2.75, 3.05) is 39.9 Å². The third-order valence-corrected chi connectivity index (χ3v) is 3.99. The summed E-state index contributed by atoms with van der Waals surface area (Å²) in [5.74, 6) is 0. The molecule has 0 saturated carbocycles. The van der Waals surface area contributed by atoms with E-state index in [4.69, 9.17) is 4.74 Å². The summed E-state index contributed by atoms with van der Waals surface area (Å²) < 4.78 is 5.77. The number of nitrogens with one attached hydrogen (secondary N) is 1. The maximum absolute atomic E-state index is 9.54. The molecule has 2 atom stereocenters.